The third-order valence-electron chi connectivity index (χ3n) is 3.22. The van der Waals surface area contributed by atoms with E-state index in [2.05, 4.69) is 40.3 Å². The maximum Gasteiger partial charge on any atom is 0.195 e. The van der Waals surface area contributed by atoms with Crippen LogP contribution in [0.25, 0.3) is 0 Å². The lowest BCUT2D eigenvalue weighted by atomic mass is 10.2. The molecular weight excluding hydrogens is 192 g/mol. The molecule has 0 bridgehead atoms. The van der Waals surface area contributed by atoms with Gasteiger partial charge in [0, 0.05) is 13.0 Å². The molecule has 0 aliphatic carbocycles. The van der Waals surface area contributed by atoms with Gasteiger partial charge in [-0.05, 0) is 31.0 Å². The van der Waals surface area contributed by atoms with Gasteiger partial charge in [-0.1, -0.05) is 20.8 Å². The number of ether oxygens (including phenoxy) is 1. The third kappa shape index (κ3) is 3.07. The maximum absolute atomic E-state index is 6.13. The number of hydrogen-bond donors (Lipinski definition) is 0. The van der Waals surface area contributed by atoms with E-state index in [1.807, 2.05) is 0 Å². The number of rotatable bonds is 2. The normalized spacial score (nSPS) is 25.1. The molecule has 0 aromatic heterocycles. The molecule has 2 nitrogen and oxygen atoms in total. The molecule has 0 aromatic carbocycles. The first-order chi connectivity index (χ1) is 6.33. The monoisotopic (exact) mass is 215 g/mol. The summed E-state index contributed by atoms with van der Waals surface area (Å²) < 4.78 is 11.7. The molecule has 0 spiro atoms. The van der Waals surface area contributed by atoms with Crippen LogP contribution >= 0.6 is 0 Å². The van der Waals surface area contributed by atoms with Gasteiger partial charge < -0.3 is 9.16 Å². The summed E-state index contributed by atoms with van der Waals surface area (Å²) in [5.74, 6) is 0. The first-order valence-corrected chi connectivity index (χ1v) is 8.35. The summed E-state index contributed by atoms with van der Waals surface area (Å²) in [6, 6.07) is 0. The molecule has 0 aromatic rings. The van der Waals surface area contributed by atoms with E-state index < -0.39 is 8.32 Å². The first-order valence-electron chi connectivity index (χ1n) is 5.44. The molecule has 1 atom stereocenters. The Hall–Kier alpha value is 0.137. The van der Waals surface area contributed by atoms with Crippen molar-refractivity contribution >= 4 is 8.32 Å². The fourth-order valence-corrected chi connectivity index (χ4v) is 2.37. The van der Waals surface area contributed by atoms with Crippen LogP contribution in [-0.2, 0) is 9.16 Å². The highest BCUT2D eigenvalue weighted by Gasteiger charge is 2.39. The van der Waals surface area contributed by atoms with Gasteiger partial charge in [-0.2, -0.15) is 0 Å². The predicted molar refractivity (Wildman–Crippen MR) is 61.6 cm³/mol. The van der Waals surface area contributed by atoms with Crippen LogP contribution in [0.5, 0.6) is 0 Å². The summed E-state index contributed by atoms with van der Waals surface area (Å²) in [4.78, 5) is 0. The fraction of sp³-hybridized carbons (Fsp3) is 0.909. The highest BCUT2D eigenvalue weighted by molar-refractivity contribution is 6.74. The van der Waals surface area contributed by atoms with Gasteiger partial charge in [-0.25, -0.2) is 0 Å². The van der Waals surface area contributed by atoms with Gasteiger partial charge in [0.1, 0.15) is 6.29 Å². The van der Waals surface area contributed by atoms with E-state index in [4.69, 9.17) is 9.16 Å². The van der Waals surface area contributed by atoms with Crippen molar-refractivity contribution in [1.82, 2.24) is 0 Å². The quantitative estimate of drug-likeness (QED) is 0.658. The molecule has 1 heterocycles. The molecule has 0 N–H and O–H groups in total. The lowest BCUT2D eigenvalue weighted by molar-refractivity contribution is -0.101. The minimum Gasteiger partial charge on any atom is -0.392 e. The zero-order valence-electron chi connectivity index (χ0n) is 10.1. The van der Waals surface area contributed by atoms with Crippen molar-refractivity contribution < 1.29 is 9.16 Å². The Morgan fingerprint density at radius 3 is 2.43 bits per heavy atom. The van der Waals surface area contributed by atoms with E-state index in [0.717, 1.165) is 19.4 Å². The van der Waals surface area contributed by atoms with Gasteiger partial charge in [0.05, 0.1) is 0 Å². The molecule has 0 saturated carbocycles. The van der Waals surface area contributed by atoms with Crippen molar-refractivity contribution in [2.75, 3.05) is 6.61 Å². The third-order valence-corrected chi connectivity index (χ3v) is 7.68. The Morgan fingerprint density at radius 1 is 1.36 bits per heavy atom. The minimum absolute atomic E-state index is 0.0182. The van der Waals surface area contributed by atoms with Crippen molar-refractivity contribution in [3.63, 3.8) is 0 Å². The van der Waals surface area contributed by atoms with Crippen LogP contribution < -0.4 is 0 Å². The smallest absolute Gasteiger partial charge is 0.195 e. The van der Waals surface area contributed by atoms with Crippen molar-refractivity contribution in [3.8, 4) is 0 Å². The second-order valence-corrected chi connectivity index (χ2v) is 10.2. The van der Waals surface area contributed by atoms with Crippen molar-refractivity contribution in [2.24, 2.45) is 0 Å². The standard InChI is InChI=1S/C11H23O2Si/c1-11(2,3)14(4,5)13-10-8-6-7-9-12-10/h6,10H,7-9H2,1-5H3. The molecule has 1 aliphatic heterocycles. The van der Waals surface area contributed by atoms with Crippen LogP contribution in [0.15, 0.2) is 0 Å². The Labute approximate surface area is 89.1 Å². The molecule has 14 heavy (non-hydrogen) atoms. The van der Waals surface area contributed by atoms with Crippen LogP contribution in [-0.4, -0.2) is 21.2 Å². The molecule has 1 unspecified atom stereocenters. The SMILES string of the molecule is CC(C)(C)[Si](C)(C)OC1C[CH]CCO1. The topological polar surface area (TPSA) is 18.5 Å². The van der Waals surface area contributed by atoms with Crippen LogP contribution in [0.1, 0.15) is 33.6 Å². The largest absolute Gasteiger partial charge is 0.392 e. The van der Waals surface area contributed by atoms with Crippen LogP contribution in [0, 0.1) is 6.42 Å². The van der Waals surface area contributed by atoms with E-state index in [-0.39, 0.29) is 11.3 Å². The Kier molecular flexibility index (Phi) is 3.78. The van der Waals surface area contributed by atoms with E-state index in [1.165, 1.54) is 0 Å². The molecule has 1 saturated heterocycles. The van der Waals surface area contributed by atoms with Gasteiger partial charge in [0.15, 0.2) is 8.32 Å². The van der Waals surface area contributed by atoms with Crippen molar-refractivity contribution in [2.45, 2.75) is 58.0 Å². The maximum atomic E-state index is 6.13. The summed E-state index contributed by atoms with van der Waals surface area (Å²) in [7, 11) is -1.64. The molecule has 1 fully saturated rings. The van der Waals surface area contributed by atoms with Crippen LogP contribution in [0.3, 0.4) is 0 Å². The van der Waals surface area contributed by atoms with Crippen molar-refractivity contribution in [3.05, 3.63) is 6.42 Å². The second-order valence-electron chi connectivity index (χ2n) is 5.49. The van der Waals surface area contributed by atoms with E-state index in [0.29, 0.717) is 0 Å². The predicted octanol–water partition coefficient (Wildman–Crippen LogP) is 3.35. The lowest BCUT2D eigenvalue weighted by Crippen LogP contribution is -2.45. The minimum atomic E-state index is -1.64. The zero-order valence-corrected chi connectivity index (χ0v) is 11.1. The van der Waals surface area contributed by atoms with Crippen LogP contribution in [0.4, 0.5) is 0 Å². The van der Waals surface area contributed by atoms with E-state index in [9.17, 15) is 0 Å². The van der Waals surface area contributed by atoms with E-state index >= 15 is 0 Å². The Bertz CT molecular complexity index is 178. The van der Waals surface area contributed by atoms with Gasteiger partial charge in [-0.3, -0.25) is 0 Å². The molecule has 1 aliphatic rings. The fourth-order valence-electron chi connectivity index (χ4n) is 1.19. The molecule has 0 amide bonds. The van der Waals surface area contributed by atoms with Gasteiger partial charge in [0.2, 0.25) is 0 Å². The average Bonchev–Trinajstić information content (AvgIpc) is 2.03. The zero-order chi connectivity index (χ0) is 10.8. The highest BCUT2D eigenvalue weighted by Crippen LogP contribution is 2.38. The average molecular weight is 215 g/mol. The Balaban J connectivity index is 2.49. The second kappa shape index (κ2) is 4.33. The van der Waals surface area contributed by atoms with Crippen molar-refractivity contribution in [1.29, 1.82) is 0 Å². The van der Waals surface area contributed by atoms with Gasteiger partial charge in [0.25, 0.3) is 0 Å². The Morgan fingerprint density at radius 2 is 2.00 bits per heavy atom. The van der Waals surface area contributed by atoms with Gasteiger partial charge >= 0.3 is 0 Å². The molecular formula is C11H23O2Si. The summed E-state index contributed by atoms with van der Waals surface area (Å²) in [6.07, 6.45) is 4.30. The van der Waals surface area contributed by atoms with Crippen LogP contribution in [0.2, 0.25) is 18.1 Å². The summed E-state index contributed by atoms with van der Waals surface area (Å²) in [5, 5.41) is 0.272. The highest BCUT2D eigenvalue weighted by atomic mass is 28.4. The summed E-state index contributed by atoms with van der Waals surface area (Å²) in [5.41, 5.74) is 0. The van der Waals surface area contributed by atoms with E-state index in [1.54, 1.807) is 0 Å². The lowest BCUT2D eigenvalue weighted by Gasteiger charge is -2.39. The molecule has 3 heteroatoms. The molecule has 1 radical (unpaired) electrons. The summed E-state index contributed by atoms with van der Waals surface area (Å²) in [6.45, 7) is 12.1. The summed E-state index contributed by atoms with van der Waals surface area (Å²) >= 11 is 0. The first kappa shape index (κ1) is 12.2. The molecule has 1 rings (SSSR count). The molecule has 83 valence electrons. The number of hydrogen-bond acceptors (Lipinski definition) is 2. The van der Waals surface area contributed by atoms with Gasteiger partial charge in [-0.15, -0.1) is 0 Å².